The standard InChI is InChI=1S/C21H24FN3O3S/c1-13(2)12-25-14(3)8-16(15(25)4)9-17(11-23)21(26)24-20-10-18(29(5,27)28)6-7-19(20)22/h6-10,13H,12H2,1-5H3,(H,24,26)/b17-9+. The van der Waals surface area contributed by atoms with Crippen molar-refractivity contribution in [2.24, 2.45) is 5.92 Å². The maximum Gasteiger partial charge on any atom is 0.266 e. The van der Waals surface area contributed by atoms with E-state index in [1.54, 1.807) is 0 Å². The van der Waals surface area contributed by atoms with Gasteiger partial charge in [0.05, 0.1) is 10.6 Å². The second-order valence-electron chi connectivity index (χ2n) is 7.37. The maximum absolute atomic E-state index is 14.0. The number of halogens is 1. The molecular weight excluding hydrogens is 393 g/mol. The summed E-state index contributed by atoms with van der Waals surface area (Å²) in [6.07, 6.45) is 2.44. The number of sulfone groups is 1. The summed E-state index contributed by atoms with van der Waals surface area (Å²) in [6, 6.07) is 6.82. The van der Waals surface area contributed by atoms with Gasteiger partial charge in [0.1, 0.15) is 17.5 Å². The molecule has 0 unspecified atom stereocenters. The first kappa shape index (κ1) is 22.4. The van der Waals surface area contributed by atoms with E-state index >= 15 is 0 Å². The van der Waals surface area contributed by atoms with Crippen LogP contribution in [-0.4, -0.2) is 25.1 Å². The number of nitrogens with one attached hydrogen (secondary N) is 1. The molecule has 0 aliphatic heterocycles. The highest BCUT2D eigenvalue weighted by atomic mass is 32.2. The van der Waals surface area contributed by atoms with Crippen LogP contribution in [0.4, 0.5) is 10.1 Å². The first-order valence-electron chi connectivity index (χ1n) is 9.03. The van der Waals surface area contributed by atoms with E-state index in [4.69, 9.17) is 0 Å². The highest BCUT2D eigenvalue weighted by Crippen LogP contribution is 2.22. The molecule has 2 aromatic rings. The minimum atomic E-state index is -3.57. The third kappa shape index (κ3) is 5.33. The number of aromatic nitrogens is 1. The Bertz CT molecular complexity index is 1120. The van der Waals surface area contributed by atoms with Crippen molar-refractivity contribution in [2.45, 2.75) is 39.1 Å². The number of hydrogen-bond donors (Lipinski definition) is 1. The number of hydrogen-bond acceptors (Lipinski definition) is 4. The summed E-state index contributed by atoms with van der Waals surface area (Å²) in [4.78, 5) is 12.4. The normalized spacial score (nSPS) is 12.1. The zero-order chi connectivity index (χ0) is 21.9. The van der Waals surface area contributed by atoms with E-state index in [0.29, 0.717) is 5.92 Å². The summed E-state index contributed by atoms with van der Waals surface area (Å²) < 4.78 is 39.5. The molecule has 1 amide bonds. The van der Waals surface area contributed by atoms with Gasteiger partial charge in [0.2, 0.25) is 0 Å². The Balaban J connectivity index is 2.37. The lowest BCUT2D eigenvalue weighted by Gasteiger charge is -2.12. The van der Waals surface area contributed by atoms with Crippen LogP contribution in [-0.2, 0) is 21.2 Å². The van der Waals surface area contributed by atoms with Gasteiger partial charge in [-0.05, 0) is 55.7 Å². The lowest BCUT2D eigenvalue weighted by molar-refractivity contribution is -0.112. The molecule has 2 rings (SSSR count). The van der Waals surface area contributed by atoms with Gasteiger partial charge in [0.15, 0.2) is 9.84 Å². The highest BCUT2D eigenvalue weighted by Gasteiger charge is 2.17. The molecule has 6 nitrogen and oxygen atoms in total. The quantitative estimate of drug-likeness (QED) is 0.439. The smallest absolute Gasteiger partial charge is 0.266 e. The van der Waals surface area contributed by atoms with Crippen LogP contribution in [0.25, 0.3) is 6.08 Å². The van der Waals surface area contributed by atoms with Gasteiger partial charge >= 0.3 is 0 Å². The fraction of sp³-hybridized carbons (Fsp3) is 0.333. The van der Waals surface area contributed by atoms with Crippen LogP contribution in [0, 0.1) is 36.9 Å². The van der Waals surface area contributed by atoms with Crippen molar-refractivity contribution >= 4 is 27.5 Å². The second-order valence-corrected chi connectivity index (χ2v) is 9.38. The van der Waals surface area contributed by atoms with E-state index in [2.05, 4.69) is 23.7 Å². The number of anilines is 1. The molecule has 1 heterocycles. The van der Waals surface area contributed by atoms with E-state index in [0.717, 1.165) is 48.0 Å². The molecule has 0 saturated heterocycles. The van der Waals surface area contributed by atoms with Gasteiger partial charge in [-0.3, -0.25) is 4.79 Å². The Kier molecular flexibility index (Phi) is 6.65. The third-order valence-corrected chi connectivity index (χ3v) is 5.55. The molecule has 0 aliphatic carbocycles. The highest BCUT2D eigenvalue weighted by molar-refractivity contribution is 7.90. The predicted molar refractivity (Wildman–Crippen MR) is 110 cm³/mol. The topological polar surface area (TPSA) is 92.0 Å². The van der Waals surface area contributed by atoms with Crippen molar-refractivity contribution in [1.82, 2.24) is 4.57 Å². The molecule has 1 aromatic heterocycles. The molecule has 154 valence electrons. The number of carbonyl (C=O) groups is 1. The Morgan fingerprint density at radius 2 is 1.97 bits per heavy atom. The van der Waals surface area contributed by atoms with Gasteiger partial charge in [0.25, 0.3) is 5.91 Å². The number of carbonyl (C=O) groups excluding carboxylic acids is 1. The maximum atomic E-state index is 14.0. The van der Waals surface area contributed by atoms with Crippen molar-refractivity contribution in [3.8, 4) is 6.07 Å². The lowest BCUT2D eigenvalue weighted by atomic mass is 10.1. The van der Waals surface area contributed by atoms with Crippen molar-refractivity contribution in [2.75, 3.05) is 11.6 Å². The minimum absolute atomic E-state index is 0.131. The Hall–Kier alpha value is -2.92. The number of aryl methyl sites for hydroxylation is 1. The summed E-state index contributed by atoms with van der Waals surface area (Å²) in [6.45, 7) is 8.86. The molecule has 1 aromatic carbocycles. The molecule has 1 N–H and O–H groups in total. The zero-order valence-electron chi connectivity index (χ0n) is 17.1. The fourth-order valence-corrected chi connectivity index (χ4v) is 3.59. The summed E-state index contributed by atoms with van der Waals surface area (Å²) in [5, 5.41) is 11.7. The van der Waals surface area contributed by atoms with E-state index < -0.39 is 21.6 Å². The lowest BCUT2D eigenvalue weighted by Crippen LogP contribution is -2.15. The molecule has 0 spiro atoms. The minimum Gasteiger partial charge on any atom is -0.348 e. The first-order valence-corrected chi connectivity index (χ1v) is 10.9. The van der Waals surface area contributed by atoms with Crippen molar-refractivity contribution in [3.05, 3.63) is 52.6 Å². The van der Waals surface area contributed by atoms with E-state index in [1.165, 1.54) is 6.08 Å². The Morgan fingerprint density at radius 3 is 2.52 bits per heavy atom. The Labute approximate surface area is 170 Å². The van der Waals surface area contributed by atoms with Gasteiger partial charge in [-0.2, -0.15) is 5.26 Å². The number of benzene rings is 1. The molecular formula is C21H24FN3O3S. The summed E-state index contributed by atoms with van der Waals surface area (Å²) in [5.41, 5.74) is 2.14. The third-order valence-electron chi connectivity index (χ3n) is 4.44. The molecule has 8 heteroatoms. The SMILES string of the molecule is Cc1cc(/C=C(\C#N)C(=O)Nc2cc(S(C)(=O)=O)ccc2F)c(C)n1CC(C)C. The summed E-state index contributed by atoms with van der Waals surface area (Å²) in [7, 11) is -3.57. The second kappa shape index (κ2) is 8.62. The Morgan fingerprint density at radius 1 is 1.31 bits per heavy atom. The number of rotatable bonds is 6. The fourth-order valence-electron chi connectivity index (χ4n) is 2.94. The van der Waals surface area contributed by atoms with Crippen LogP contribution < -0.4 is 5.32 Å². The van der Waals surface area contributed by atoms with Crippen molar-refractivity contribution in [3.63, 3.8) is 0 Å². The summed E-state index contributed by atoms with van der Waals surface area (Å²) >= 11 is 0. The van der Waals surface area contributed by atoms with Crippen LogP contribution >= 0.6 is 0 Å². The number of amides is 1. The van der Waals surface area contributed by atoms with Gasteiger partial charge in [-0.15, -0.1) is 0 Å². The molecule has 0 fully saturated rings. The molecule has 0 bridgehead atoms. The van der Waals surface area contributed by atoms with E-state index in [1.807, 2.05) is 26.0 Å². The van der Waals surface area contributed by atoms with Gasteiger partial charge in [-0.1, -0.05) is 13.8 Å². The molecule has 29 heavy (non-hydrogen) atoms. The van der Waals surface area contributed by atoms with Crippen molar-refractivity contribution in [1.29, 1.82) is 5.26 Å². The van der Waals surface area contributed by atoms with Crippen LogP contribution in [0.2, 0.25) is 0 Å². The van der Waals surface area contributed by atoms with Crippen LogP contribution in [0.15, 0.2) is 34.7 Å². The average Bonchev–Trinajstić information content (AvgIpc) is 2.87. The van der Waals surface area contributed by atoms with Crippen LogP contribution in [0.3, 0.4) is 0 Å². The molecule has 0 saturated carbocycles. The number of nitriles is 1. The van der Waals surface area contributed by atoms with Crippen LogP contribution in [0.5, 0.6) is 0 Å². The average molecular weight is 418 g/mol. The van der Waals surface area contributed by atoms with E-state index in [-0.39, 0.29) is 16.2 Å². The molecule has 0 atom stereocenters. The number of nitrogens with zero attached hydrogens (tertiary/aromatic N) is 2. The largest absolute Gasteiger partial charge is 0.348 e. The first-order chi connectivity index (χ1) is 13.4. The van der Waals surface area contributed by atoms with Gasteiger partial charge in [0, 0.05) is 24.2 Å². The van der Waals surface area contributed by atoms with Gasteiger partial charge < -0.3 is 9.88 Å². The predicted octanol–water partition coefficient (Wildman–Crippen LogP) is 3.85. The van der Waals surface area contributed by atoms with Gasteiger partial charge in [-0.25, -0.2) is 12.8 Å². The molecule has 0 aliphatic rings. The monoisotopic (exact) mass is 417 g/mol. The zero-order valence-corrected chi connectivity index (χ0v) is 17.9. The van der Waals surface area contributed by atoms with Crippen molar-refractivity contribution < 1.29 is 17.6 Å². The van der Waals surface area contributed by atoms with Crippen LogP contribution in [0.1, 0.15) is 30.8 Å². The van der Waals surface area contributed by atoms with E-state index in [9.17, 15) is 22.9 Å². The summed E-state index contributed by atoms with van der Waals surface area (Å²) in [5.74, 6) is -1.18. The molecule has 0 radical (unpaired) electrons.